The van der Waals surface area contributed by atoms with Gasteiger partial charge in [0.05, 0.1) is 5.39 Å². The van der Waals surface area contributed by atoms with E-state index in [1.54, 1.807) is 24.3 Å². The number of thiocarbonyl (C=S) groups is 1. The van der Waals surface area contributed by atoms with Crippen LogP contribution in [0.4, 0.5) is 0 Å². The summed E-state index contributed by atoms with van der Waals surface area (Å²) in [4.78, 5) is 25.6. The summed E-state index contributed by atoms with van der Waals surface area (Å²) in [5.74, 6) is 0.950. The van der Waals surface area contributed by atoms with Crippen molar-refractivity contribution >= 4 is 34.0 Å². The molecule has 2 aromatic rings. The third-order valence-electron chi connectivity index (χ3n) is 5.93. The van der Waals surface area contributed by atoms with Crippen LogP contribution in [-0.4, -0.2) is 26.8 Å². The molecule has 1 amide bonds. The molecule has 1 aliphatic carbocycles. The van der Waals surface area contributed by atoms with Gasteiger partial charge < -0.3 is 5.32 Å². The number of aromatic nitrogens is 2. The Labute approximate surface area is 182 Å². The van der Waals surface area contributed by atoms with E-state index in [2.05, 4.69) is 35.1 Å². The maximum absolute atomic E-state index is 12.9. The minimum absolute atomic E-state index is 0.193. The van der Waals surface area contributed by atoms with E-state index in [9.17, 15) is 9.59 Å². The average molecular weight is 430 g/mol. The maximum Gasteiger partial charge on any atom is 0.290 e. The number of rotatable bonds is 4. The zero-order valence-corrected chi connectivity index (χ0v) is 18.9. The smallest absolute Gasteiger partial charge is 0.290 e. The molecule has 3 rings (SSSR count). The number of carbonyl (C=O) groups is 1. The Hall–Kier alpha value is -2.48. The molecule has 1 aromatic heterocycles. The lowest BCUT2D eigenvalue weighted by Crippen LogP contribution is -2.52. The van der Waals surface area contributed by atoms with Gasteiger partial charge in [-0.05, 0) is 42.5 Å². The lowest BCUT2D eigenvalue weighted by Gasteiger charge is -2.35. The van der Waals surface area contributed by atoms with Crippen molar-refractivity contribution in [3.05, 3.63) is 40.3 Å². The molecule has 0 aliphatic heterocycles. The highest BCUT2D eigenvalue weighted by molar-refractivity contribution is 7.80. The molecule has 1 heterocycles. The fourth-order valence-electron chi connectivity index (χ4n) is 4.04. The van der Waals surface area contributed by atoms with Crippen LogP contribution in [0.5, 0.6) is 0 Å². The van der Waals surface area contributed by atoms with E-state index in [-0.39, 0.29) is 23.2 Å². The van der Waals surface area contributed by atoms with Crippen LogP contribution in [0.1, 0.15) is 57.4 Å². The molecule has 0 saturated heterocycles. The number of amides is 1. The van der Waals surface area contributed by atoms with E-state index in [0.29, 0.717) is 34.3 Å². The van der Waals surface area contributed by atoms with Crippen LogP contribution in [-0.2, 0) is 6.54 Å². The Balaban J connectivity index is 1.74. The van der Waals surface area contributed by atoms with Crippen molar-refractivity contribution in [1.82, 2.24) is 25.9 Å². The molecule has 1 saturated carbocycles. The maximum atomic E-state index is 12.9. The molecule has 0 bridgehead atoms. The molecule has 3 N–H and O–H groups in total. The summed E-state index contributed by atoms with van der Waals surface area (Å²) in [6.07, 6.45) is 3.47. The quantitative estimate of drug-likeness (QED) is 0.512. The van der Waals surface area contributed by atoms with E-state index < -0.39 is 5.91 Å². The Bertz CT molecular complexity index is 987. The van der Waals surface area contributed by atoms with Crippen molar-refractivity contribution in [2.45, 2.75) is 59.5 Å². The predicted molar refractivity (Wildman–Crippen MR) is 123 cm³/mol. The van der Waals surface area contributed by atoms with Gasteiger partial charge in [-0.25, -0.2) is 4.68 Å². The van der Waals surface area contributed by atoms with Crippen molar-refractivity contribution in [3.63, 3.8) is 0 Å². The molecule has 0 spiro atoms. The summed E-state index contributed by atoms with van der Waals surface area (Å²) in [5.41, 5.74) is 5.43. The van der Waals surface area contributed by atoms with Gasteiger partial charge in [-0.15, -0.1) is 0 Å². The van der Waals surface area contributed by atoms with Gasteiger partial charge in [0.1, 0.15) is 0 Å². The van der Waals surface area contributed by atoms with Gasteiger partial charge in [0, 0.05) is 18.0 Å². The van der Waals surface area contributed by atoms with Crippen LogP contribution in [0.2, 0.25) is 0 Å². The zero-order chi connectivity index (χ0) is 21.8. The van der Waals surface area contributed by atoms with Gasteiger partial charge in [0.2, 0.25) is 0 Å². The van der Waals surface area contributed by atoms with Crippen molar-refractivity contribution in [2.24, 2.45) is 17.8 Å². The number of hydrazine groups is 1. The first kappa shape index (κ1) is 22.2. The lowest BCUT2D eigenvalue weighted by molar-refractivity contribution is 0.0937. The normalized spacial score (nSPS) is 21.4. The van der Waals surface area contributed by atoms with Crippen LogP contribution in [0.25, 0.3) is 10.8 Å². The van der Waals surface area contributed by atoms with Crippen molar-refractivity contribution < 1.29 is 4.79 Å². The van der Waals surface area contributed by atoms with Gasteiger partial charge in [-0.3, -0.25) is 20.4 Å². The summed E-state index contributed by atoms with van der Waals surface area (Å²) < 4.78 is 1.36. The highest BCUT2D eigenvalue weighted by atomic mass is 32.1. The molecule has 162 valence electrons. The van der Waals surface area contributed by atoms with Crippen LogP contribution in [0, 0.1) is 17.8 Å². The summed E-state index contributed by atoms with van der Waals surface area (Å²) in [5, 5.41) is 9.05. The van der Waals surface area contributed by atoms with E-state index >= 15 is 0 Å². The van der Waals surface area contributed by atoms with Gasteiger partial charge >= 0.3 is 0 Å². The van der Waals surface area contributed by atoms with Crippen LogP contribution in [0.3, 0.4) is 0 Å². The SMILES string of the molecule is CC(C)Cn1nc(C(=O)NNC(=S)N[C@@H]2CCC[C@@H](C)[C@H]2C)c2ccccc2c1=O. The van der Waals surface area contributed by atoms with Gasteiger partial charge in [-0.2, -0.15) is 5.10 Å². The molecule has 7 nitrogen and oxygen atoms in total. The Morgan fingerprint density at radius 2 is 1.90 bits per heavy atom. The largest absolute Gasteiger partial charge is 0.358 e. The van der Waals surface area contributed by atoms with Gasteiger partial charge in [0.25, 0.3) is 11.5 Å². The number of nitrogens with one attached hydrogen (secondary N) is 3. The average Bonchev–Trinajstić information content (AvgIpc) is 2.71. The highest BCUT2D eigenvalue weighted by Crippen LogP contribution is 2.29. The molecule has 0 unspecified atom stereocenters. The Morgan fingerprint density at radius 1 is 1.20 bits per heavy atom. The summed E-state index contributed by atoms with van der Waals surface area (Å²) in [6.45, 7) is 8.94. The second kappa shape index (κ2) is 9.55. The number of benzene rings is 1. The third-order valence-corrected chi connectivity index (χ3v) is 6.15. The fourth-order valence-corrected chi connectivity index (χ4v) is 4.24. The predicted octanol–water partition coefficient (Wildman–Crippen LogP) is 2.99. The van der Waals surface area contributed by atoms with Crippen LogP contribution in [0.15, 0.2) is 29.1 Å². The monoisotopic (exact) mass is 429 g/mol. The third kappa shape index (κ3) is 4.98. The molecule has 8 heteroatoms. The lowest BCUT2D eigenvalue weighted by atomic mass is 9.78. The van der Waals surface area contributed by atoms with Crippen molar-refractivity contribution in [1.29, 1.82) is 0 Å². The Kier molecular flexibility index (Phi) is 7.07. The molecule has 30 heavy (non-hydrogen) atoms. The van der Waals surface area contributed by atoms with E-state index in [1.165, 1.54) is 17.5 Å². The van der Waals surface area contributed by atoms with Crippen molar-refractivity contribution in [3.8, 4) is 0 Å². The van der Waals surface area contributed by atoms with E-state index in [4.69, 9.17) is 12.2 Å². The Morgan fingerprint density at radius 3 is 2.60 bits per heavy atom. The summed E-state index contributed by atoms with van der Waals surface area (Å²) in [6, 6.07) is 7.32. The molecule has 3 atom stereocenters. The fraction of sp³-hybridized carbons (Fsp3) is 0.545. The molecule has 1 fully saturated rings. The van der Waals surface area contributed by atoms with Gasteiger partial charge in [-0.1, -0.05) is 58.7 Å². The molecule has 0 radical (unpaired) electrons. The number of fused-ring (bicyclic) bond motifs is 1. The molecular weight excluding hydrogens is 398 g/mol. The first-order valence-electron chi connectivity index (χ1n) is 10.6. The zero-order valence-electron chi connectivity index (χ0n) is 18.1. The molecule has 1 aromatic carbocycles. The van der Waals surface area contributed by atoms with Crippen LogP contribution < -0.4 is 21.7 Å². The minimum atomic E-state index is -0.432. The number of hydrogen-bond donors (Lipinski definition) is 3. The topological polar surface area (TPSA) is 88.1 Å². The second-order valence-electron chi connectivity index (χ2n) is 8.70. The highest BCUT2D eigenvalue weighted by Gasteiger charge is 2.27. The minimum Gasteiger partial charge on any atom is -0.358 e. The van der Waals surface area contributed by atoms with Crippen LogP contribution >= 0.6 is 12.2 Å². The molecule has 1 aliphatic rings. The number of nitrogens with zero attached hydrogens (tertiary/aromatic N) is 2. The summed E-state index contributed by atoms with van der Waals surface area (Å²) >= 11 is 5.38. The van der Waals surface area contributed by atoms with E-state index in [0.717, 1.165) is 6.42 Å². The van der Waals surface area contributed by atoms with Gasteiger partial charge in [0.15, 0.2) is 10.8 Å². The standard InChI is InChI=1S/C22H31N5O2S/c1-13(2)12-27-21(29)17-10-6-5-9-16(17)19(26-27)20(28)24-25-22(30)23-18-11-7-8-14(3)15(18)4/h5-6,9-10,13-15,18H,7-8,11-12H2,1-4H3,(H,24,28)(H2,23,25,30)/t14-,15-,18-/m1/s1. The number of hydrogen-bond acceptors (Lipinski definition) is 4. The molecular formula is C22H31N5O2S. The second-order valence-corrected chi connectivity index (χ2v) is 9.11. The van der Waals surface area contributed by atoms with E-state index in [1.807, 2.05) is 13.8 Å². The number of carbonyl (C=O) groups excluding carboxylic acids is 1. The van der Waals surface area contributed by atoms with Crippen molar-refractivity contribution in [2.75, 3.05) is 0 Å². The summed E-state index contributed by atoms with van der Waals surface area (Å²) in [7, 11) is 0. The first-order chi connectivity index (χ1) is 14.3. The first-order valence-corrected chi connectivity index (χ1v) is 11.1.